The Hall–Kier alpha value is -1.98. The van der Waals surface area contributed by atoms with Crippen molar-refractivity contribution in [1.29, 1.82) is 0 Å². The third-order valence-corrected chi connectivity index (χ3v) is 2.26. The third kappa shape index (κ3) is 3.24. The van der Waals surface area contributed by atoms with E-state index < -0.39 is 11.5 Å². The Morgan fingerprint density at radius 3 is 2.65 bits per heavy atom. The van der Waals surface area contributed by atoms with Crippen LogP contribution in [0.2, 0.25) is 0 Å². The maximum atomic E-state index is 12.1. The molecule has 6 heteroatoms. The van der Waals surface area contributed by atoms with Crippen LogP contribution in [0.15, 0.2) is 30.9 Å². The first-order chi connectivity index (χ1) is 7.95. The number of rotatable bonds is 5. The number of hydrogen-bond donors (Lipinski definition) is 0. The summed E-state index contributed by atoms with van der Waals surface area (Å²) in [5.74, 6) is -0.387. The molecule has 1 rings (SSSR count). The predicted octanol–water partition coefficient (Wildman–Crippen LogP) is 3.49. The van der Waals surface area contributed by atoms with E-state index in [9.17, 15) is 18.9 Å². The van der Waals surface area contributed by atoms with Crippen molar-refractivity contribution in [3.05, 3.63) is 46.5 Å². The molecule has 0 aliphatic rings. The molecule has 1 aromatic rings. The number of nitro groups is 1. The molecule has 0 N–H and O–H groups in total. The van der Waals surface area contributed by atoms with Gasteiger partial charge in [0, 0.05) is 23.6 Å². The average molecular weight is 243 g/mol. The van der Waals surface area contributed by atoms with Gasteiger partial charge in [0.1, 0.15) is 5.75 Å². The van der Waals surface area contributed by atoms with Crippen molar-refractivity contribution in [2.24, 2.45) is 0 Å². The summed E-state index contributed by atoms with van der Waals surface area (Å²) in [6.07, 6.45) is 1.50. The van der Waals surface area contributed by atoms with Crippen LogP contribution in [0.1, 0.15) is 18.4 Å². The van der Waals surface area contributed by atoms with Gasteiger partial charge in [0.2, 0.25) is 0 Å². The maximum Gasteiger partial charge on any atom is 0.387 e. The van der Waals surface area contributed by atoms with Gasteiger partial charge < -0.3 is 4.74 Å². The van der Waals surface area contributed by atoms with Gasteiger partial charge in [-0.3, -0.25) is 10.1 Å². The topological polar surface area (TPSA) is 52.4 Å². The second-order valence-corrected chi connectivity index (χ2v) is 3.38. The molecule has 1 aromatic carbocycles. The second-order valence-electron chi connectivity index (χ2n) is 3.38. The van der Waals surface area contributed by atoms with Crippen LogP contribution in [0, 0.1) is 10.1 Å². The normalized spacial score (nSPS) is 12.2. The average Bonchev–Trinajstić information content (AvgIpc) is 2.27. The number of alkyl halides is 2. The second kappa shape index (κ2) is 5.38. The Labute approximate surface area is 96.7 Å². The smallest absolute Gasteiger partial charge is 0.387 e. The molecule has 0 radical (unpaired) electrons. The van der Waals surface area contributed by atoms with Crippen LogP contribution in [0.4, 0.5) is 14.5 Å². The highest BCUT2D eigenvalue weighted by molar-refractivity contribution is 5.46. The summed E-state index contributed by atoms with van der Waals surface area (Å²) in [6.45, 7) is 2.24. The molecule has 1 atom stereocenters. The lowest BCUT2D eigenvalue weighted by atomic mass is 10.00. The van der Waals surface area contributed by atoms with Gasteiger partial charge in [-0.25, -0.2) is 0 Å². The van der Waals surface area contributed by atoms with Gasteiger partial charge >= 0.3 is 6.61 Å². The van der Waals surface area contributed by atoms with Crippen LogP contribution in [0.5, 0.6) is 5.75 Å². The van der Waals surface area contributed by atoms with Crippen LogP contribution in [-0.4, -0.2) is 11.5 Å². The third-order valence-electron chi connectivity index (χ3n) is 2.26. The van der Waals surface area contributed by atoms with Crippen molar-refractivity contribution >= 4 is 5.69 Å². The number of hydrogen-bond acceptors (Lipinski definition) is 3. The summed E-state index contributed by atoms with van der Waals surface area (Å²) >= 11 is 0. The van der Waals surface area contributed by atoms with Gasteiger partial charge in [-0.05, 0) is 6.07 Å². The monoisotopic (exact) mass is 243 g/mol. The van der Waals surface area contributed by atoms with Crippen molar-refractivity contribution in [3.8, 4) is 5.75 Å². The van der Waals surface area contributed by atoms with Crippen molar-refractivity contribution in [3.63, 3.8) is 0 Å². The van der Waals surface area contributed by atoms with Crippen LogP contribution in [0.3, 0.4) is 0 Å². The van der Waals surface area contributed by atoms with E-state index in [-0.39, 0.29) is 17.4 Å². The molecule has 0 aromatic heterocycles. The van der Waals surface area contributed by atoms with E-state index in [0.29, 0.717) is 5.56 Å². The van der Waals surface area contributed by atoms with E-state index in [1.54, 1.807) is 6.92 Å². The maximum absolute atomic E-state index is 12.1. The lowest BCUT2D eigenvalue weighted by Crippen LogP contribution is -2.06. The highest BCUT2D eigenvalue weighted by atomic mass is 19.3. The van der Waals surface area contributed by atoms with Crippen LogP contribution < -0.4 is 4.74 Å². The van der Waals surface area contributed by atoms with Gasteiger partial charge in [-0.2, -0.15) is 8.78 Å². The summed E-state index contributed by atoms with van der Waals surface area (Å²) in [7, 11) is 0. The molecular formula is C11H11F2NO3. The van der Waals surface area contributed by atoms with Crippen molar-refractivity contribution in [2.45, 2.75) is 19.5 Å². The Morgan fingerprint density at radius 2 is 2.18 bits per heavy atom. The molecular weight excluding hydrogens is 232 g/mol. The predicted molar refractivity (Wildman–Crippen MR) is 58.3 cm³/mol. The fourth-order valence-electron chi connectivity index (χ4n) is 1.34. The molecule has 17 heavy (non-hydrogen) atoms. The largest absolute Gasteiger partial charge is 0.435 e. The minimum absolute atomic E-state index is 0.0713. The summed E-state index contributed by atoms with van der Waals surface area (Å²) in [5.41, 5.74) is 0.143. The summed E-state index contributed by atoms with van der Waals surface area (Å²) < 4.78 is 28.6. The number of nitrogens with zero attached hydrogens (tertiary/aromatic N) is 1. The van der Waals surface area contributed by atoms with Gasteiger partial charge in [-0.1, -0.05) is 13.0 Å². The SMILES string of the molecule is C=CC(C)c1cc([N+](=O)[O-])ccc1OC(F)F. The van der Waals surface area contributed by atoms with Gasteiger partial charge in [-0.15, -0.1) is 6.58 Å². The zero-order chi connectivity index (χ0) is 13.0. The lowest BCUT2D eigenvalue weighted by molar-refractivity contribution is -0.385. The molecule has 0 saturated heterocycles. The first-order valence-corrected chi connectivity index (χ1v) is 4.81. The molecule has 1 unspecified atom stereocenters. The minimum Gasteiger partial charge on any atom is -0.435 e. The summed E-state index contributed by atoms with van der Waals surface area (Å²) in [6, 6.07) is 3.50. The van der Waals surface area contributed by atoms with Gasteiger partial charge in [0.25, 0.3) is 5.69 Å². The van der Waals surface area contributed by atoms with E-state index >= 15 is 0 Å². The quantitative estimate of drug-likeness (QED) is 0.452. The molecule has 0 heterocycles. The number of ether oxygens (including phenoxy) is 1. The number of benzene rings is 1. The zero-order valence-corrected chi connectivity index (χ0v) is 9.10. The standard InChI is InChI=1S/C11H11F2NO3/c1-3-7(2)9-6-8(14(15)16)4-5-10(9)17-11(12)13/h3-7,11H,1H2,2H3. The van der Waals surface area contributed by atoms with Gasteiger partial charge in [0.15, 0.2) is 0 Å². The van der Waals surface area contributed by atoms with E-state index in [0.717, 1.165) is 6.07 Å². The highest BCUT2D eigenvalue weighted by Gasteiger charge is 2.17. The van der Waals surface area contributed by atoms with E-state index in [1.165, 1.54) is 18.2 Å². The lowest BCUT2D eigenvalue weighted by Gasteiger charge is -2.13. The molecule has 0 bridgehead atoms. The Kier molecular flexibility index (Phi) is 4.14. The van der Waals surface area contributed by atoms with E-state index in [2.05, 4.69) is 11.3 Å². The molecule has 0 aliphatic carbocycles. The number of halogens is 2. The highest BCUT2D eigenvalue weighted by Crippen LogP contribution is 2.31. The van der Waals surface area contributed by atoms with E-state index in [4.69, 9.17) is 0 Å². The number of allylic oxidation sites excluding steroid dienone is 1. The van der Waals surface area contributed by atoms with Gasteiger partial charge in [0.05, 0.1) is 4.92 Å². The molecule has 0 aliphatic heterocycles. The zero-order valence-electron chi connectivity index (χ0n) is 9.10. The fraction of sp³-hybridized carbons (Fsp3) is 0.273. The van der Waals surface area contributed by atoms with Crippen molar-refractivity contribution in [1.82, 2.24) is 0 Å². The Balaban J connectivity index is 3.20. The number of non-ortho nitro benzene ring substituents is 1. The fourth-order valence-corrected chi connectivity index (χ4v) is 1.34. The molecule has 4 nitrogen and oxygen atoms in total. The first-order valence-electron chi connectivity index (χ1n) is 4.81. The summed E-state index contributed by atoms with van der Waals surface area (Å²) in [5, 5.41) is 10.6. The molecule has 0 saturated carbocycles. The number of nitro benzene ring substituents is 1. The van der Waals surface area contributed by atoms with Crippen molar-refractivity contribution < 1.29 is 18.4 Å². The van der Waals surface area contributed by atoms with E-state index in [1.807, 2.05) is 0 Å². The van der Waals surface area contributed by atoms with Crippen molar-refractivity contribution in [2.75, 3.05) is 0 Å². The molecule has 0 fully saturated rings. The first kappa shape index (κ1) is 13.1. The Bertz CT molecular complexity index is 435. The van der Waals surface area contributed by atoms with Crippen LogP contribution in [-0.2, 0) is 0 Å². The molecule has 92 valence electrons. The van der Waals surface area contributed by atoms with Crippen LogP contribution in [0.25, 0.3) is 0 Å². The molecule has 0 amide bonds. The minimum atomic E-state index is -2.97. The Morgan fingerprint density at radius 1 is 1.53 bits per heavy atom. The molecule has 0 spiro atoms. The van der Waals surface area contributed by atoms with Crippen LogP contribution >= 0.6 is 0 Å². The summed E-state index contributed by atoms with van der Waals surface area (Å²) in [4.78, 5) is 10.00.